The van der Waals surface area contributed by atoms with Crippen molar-refractivity contribution in [1.29, 1.82) is 0 Å². The largest absolute Gasteiger partial charge is 0.496 e. The van der Waals surface area contributed by atoms with Gasteiger partial charge in [0.2, 0.25) is 9.84 Å². The fourth-order valence-electron chi connectivity index (χ4n) is 2.07. The topological polar surface area (TPSA) is 72.5 Å². The highest BCUT2D eigenvalue weighted by atomic mass is 32.2. The predicted molar refractivity (Wildman–Crippen MR) is 85.3 cm³/mol. The van der Waals surface area contributed by atoms with Crippen LogP contribution in [0.3, 0.4) is 0 Å². The molecule has 0 saturated heterocycles. The van der Waals surface area contributed by atoms with Gasteiger partial charge in [-0.05, 0) is 36.8 Å². The Morgan fingerprint density at radius 1 is 1.17 bits per heavy atom. The van der Waals surface area contributed by atoms with Gasteiger partial charge in [-0.25, -0.2) is 8.42 Å². The standard InChI is InChI=1S/C16H15F2NO4S/c1-10-7-8-11(9-13(10)23-2)15(20)19-12-5-3-4-6-14(12)24(21,22)16(17)18/h3-9,16H,1-2H3,(H,19,20). The highest BCUT2D eigenvalue weighted by molar-refractivity contribution is 7.91. The fourth-order valence-corrected chi connectivity index (χ4v) is 2.96. The van der Waals surface area contributed by atoms with Crippen molar-refractivity contribution in [3.63, 3.8) is 0 Å². The lowest BCUT2D eigenvalue weighted by atomic mass is 10.1. The summed E-state index contributed by atoms with van der Waals surface area (Å²) in [4.78, 5) is 11.7. The smallest absolute Gasteiger partial charge is 0.341 e. The molecule has 5 nitrogen and oxygen atoms in total. The zero-order valence-corrected chi connectivity index (χ0v) is 13.7. The Morgan fingerprint density at radius 3 is 2.46 bits per heavy atom. The van der Waals surface area contributed by atoms with Crippen molar-refractivity contribution in [2.24, 2.45) is 0 Å². The molecule has 0 aliphatic rings. The van der Waals surface area contributed by atoms with Gasteiger partial charge in [0.1, 0.15) is 5.75 Å². The van der Waals surface area contributed by atoms with Gasteiger partial charge in [-0.2, -0.15) is 8.78 Å². The summed E-state index contributed by atoms with van der Waals surface area (Å²) in [7, 11) is -3.37. The number of nitrogens with one attached hydrogen (secondary N) is 1. The zero-order chi connectivity index (χ0) is 17.9. The van der Waals surface area contributed by atoms with Crippen LogP contribution in [-0.4, -0.2) is 27.2 Å². The molecule has 0 heterocycles. The molecular formula is C16H15F2NO4S. The highest BCUT2D eigenvalue weighted by Gasteiger charge is 2.29. The van der Waals surface area contributed by atoms with Crippen LogP contribution in [0.15, 0.2) is 47.4 Å². The third-order valence-electron chi connectivity index (χ3n) is 3.35. The van der Waals surface area contributed by atoms with E-state index in [0.29, 0.717) is 5.75 Å². The third kappa shape index (κ3) is 3.53. The highest BCUT2D eigenvalue weighted by Crippen LogP contribution is 2.27. The van der Waals surface area contributed by atoms with Gasteiger partial charge in [-0.15, -0.1) is 0 Å². The Hall–Kier alpha value is -2.48. The first-order valence-electron chi connectivity index (χ1n) is 6.84. The van der Waals surface area contributed by atoms with Gasteiger partial charge >= 0.3 is 5.76 Å². The summed E-state index contributed by atoms with van der Waals surface area (Å²) in [5.74, 6) is -3.73. The van der Waals surface area contributed by atoms with Crippen LogP contribution in [0.2, 0.25) is 0 Å². The number of amides is 1. The predicted octanol–water partition coefficient (Wildman–Crippen LogP) is 3.25. The molecule has 0 saturated carbocycles. The second-order valence-corrected chi connectivity index (χ2v) is 6.83. The van der Waals surface area contributed by atoms with Gasteiger partial charge in [-0.1, -0.05) is 18.2 Å². The summed E-state index contributed by atoms with van der Waals surface area (Å²) in [5.41, 5.74) is 0.818. The van der Waals surface area contributed by atoms with Crippen LogP contribution in [0.1, 0.15) is 15.9 Å². The van der Waals surface area contributed by atoms with Gasteiger partial charge < -0.3 is 10.1 Å². The first-order valence-corrected chi connectivity index (χ1v) is 8.39. The average molecular weight is 355 g/mol. The molecule has 0 aromatic heterocycles. The van der Waals surface area contributed by atoms with Crippen molar-refractivity contribution in [3.8, 4) is 5.75 Å². The number of halogens is 2. The number of rotatable bonds is 5. The molecular weight excluding hydrogens is 340 g/mol. The van der Waals surface area contributed by atoms with Crippen molar-refractivity contribution in [2.75, 3.05) is 12.4 Å². The Bertz CT molecular complexity index is 866. The van der Waals surface area contributed by atoms with E-state index < -0.39 is 26.4 Å². The number of benzene rings is 2. The summed E-state index contributed by atoms with van der Waals surface area (Å²) in [6.45, 7) is 1.80. The van der Waals surface area contributed by atoms with Gasteiger partial charge in [0.05, 0.1) is 17.7 Å². The van der Waals surface area contributed by atoms with Gasteiger partial charge in [0.15, 0.2) is 0 Å². The number of aryl methyl sites for hydroxylation is 1. The SMILES string of the molecule is COc1cc(C(=O)Nc2ccccc2S(=O)(=O)C(F)F)ccc1C. The summed E-state index contributed by atoms with van der Waals surface area (Å²) < 4.78 is 54.0. The van der Waals surface area contributed by atoms with Gasteiger partial charge in [-0.3, -0.25) is 4.79 Å². The van der Waals surface area contributed by atoms with Crippen molar-refractivity contribution in [2.45, 2.75) is 17.6 Å². The average Bonchev–Trinajstić information content (AvgIpc) is 2.55. The van der Waals surface area contributed by atoms with Crippen molar-refractivity contribution in [3.05, 3.63) is 53.6 Å². The van der Waals surface area contributed by atoms with Crippen LogP contribution in [0.4, 0.5) is 14.5 Å². The van der Waals surface area contributed by atoms with Crippen LogP contribution < -0.4 is 10.1 Å². The molecule has 24 heavy (non-hydrogen) atoms. The molecule has 0 aliphatic heterocycles. The Morgan fingerprint density at radius 2 is 1.83 bits per heavy atom. The van der Waals surface area contributed by atoms with E-state index in [1.165, 1.54) is 37.4 Å². The first-order chi connectivity index (χ1) is 11.3. The molecule has 2 rings (SSSR count). The molecule has 0 bridgehead atoms. The Balaban J connectivity index is 2.37. The van der Waals surface area contributed by atoms with Crippen LogP contribution in [0, 0.1) is 6.92 Å². The van der Waals surface area contributed by atoms with E-state index in [1.54, 1.807) is 13.0 Å². The van der Waals surface area contributed by atoms with Crippen LogP contribution in [0.5, 0.6) is 5.75 Å². The number of ether oxygens (including phenoxy) is 1. The molecule has 0 aliphatic carbocycles. The van der Waals surface area contributed by atoms with Crippen LogP contribution in [0.25, 0.3) is 0 Å². The number of carbonyl (C=O) groups excluding carboxylic acids is 1. The summed E-state index contributed by atoms with van der Waals surface area (Å²) >= 11 is 0. The van der Waals surface area contributed by atoms with E-state index in [4.69, 9.17) is 4.74 Å². The number of alkyl halides is 2. The zero-order valence-electron chi connectivity index (χ0n) is 12.9. The van der Waals surface area contributed by atoms with E-state index in [2.05, 4.69) is 5.32 Å². The minimum Gasteiger partial charge on any atom is -0.496 e. The summed E-state index contributed by atoms with van der Waals surface area (Å²) in [6, 6.07) is 9.68. The van der Waals surface area contributed by atoms with Crippen molar-refractivity contribution >= 4 is 21.4 Å². The maximum absolute atomic E-state index is 12.8. The van der Waals surface area contributed by atoms with E-state index in [1.807, 2.05) is 0 Å². The fraction of sp³-hybridized carbons (Fsp3) is 0.188. The molecule has 0 unspecified atom stereocenters. The van der Waals surface area contributed by atoms with Crippen LogP contribution in [-0.2, 0) is 9.84 Å². The molecule has 2 aromatic carbocycles. The second-order valence-electron chi connectivity index (χ2n) is 4.94. The number of hydrogen-bond acceptors (Lipinski definition) is 4. The minimum atomic E-state index is -4.83. The maximum atomic E-state index is 12.8. The molecule has 1 N–H and O–H groups in total. The molecule has 128 valence electrons. The molecule has 0 fully saturated rings. The molecule has 0 atom stereocenters. The molecule has 0 spiro atoms. The van der Waals surface area contributed by atoms with E-state index in [-0.39, 0.29) is 11.3 Å². The number of para-hydroxylation sites is 1. The molecule has 8 heteroatoms. The number of sulfone groups is 1. The van der Waals surface area contributed by atoms with E-state index in [0.717, 1.165) is 11.6 Å². The van der Waals surface area contributed by atoms with Crippen molar-refractivity contribution < 1.29 is 26.7 Å². The maximum Gasteiger partial charge on any atom is 0.341 e. The lowest BCUT2D eigenvalue weighted by Crippen LogP contribution is -2.18. The number of carbonyl (C=O) groups is 1. The number of hydrogen-bond donors (Lipinski definition) is 1. The lowest BCUT2D eigenvalue weighted by molar-refractivity contribution is 0.102. The first kappa shape index (κ1) is 17.9. The molecule has 2 aromatic rings. The number of anilines is 1. The van der Waals surface area contributed by atoms with E-state index in [9.17, 15) is 22.0 Å². The van der Waals surface area contributed by atoms with Crippen LogP contribution >= 0.6 is 0 Å². The minimum absolute atomic E-state index is 0.206. The quantitative estimate of drug-likeness (QED) is 0.894. The van der Waals surface area contributed by atoms with Gasteiger partial charge in [0.25, 0.3) is 5.91 Å². The number of methoxy groups -OCH3 is 1. The molecule has 0 radical (unpaired) electrons. The third-order valence-corrected chi connectivity index (χ3v) is 4.78. The van der Waals surface area contributed by atoms with Gasteiger partial charge in [0, 0.05) is 5.56 Å². The lowest BCUT2D eigenvalue weighted by Gasteiger charge is -2.12. The normalized spacial score (nSPS) is 11.4. The van der Waals surface area contributed by atoms with E-state index >= 15 is 0 Å². The Kier molecular flexibility index (Phi) is 5.18. The summed E-state index contributed by atoms with van der Waals surface area (Å²) in [5, 5.41) is 2.35. The monoisotopic (exact) mass is 355 g/mol. The second kappa shape index (κ2) is 6.96. The molecule has 1 amide bonds. The summed E-state index contributed by atoms with van der Waals surface area (Å²) in [6.07, 6.45) is 0. The van der Waals surface area contributed by atoms with Crippen molar-refractivity contribution in [1.82, 2.24) is 0 Å². The Labute approximate surface area is 138 Å².